The summed E-state index contributed by atoms with van der Waals surface area (Å²) in [4.78, 5) is 1.53. The third kappa shape index (κ3) is 2.10. The van der Waals surface area contributed by atoms with Gasteiger partial charge in [-0.2, -0.15) is 0 Å². The van der Waals surface area contributed by atoms with Gasteiger partial charge in [-0.05, 0) is 36.8 Å². The van der Waals surface area contributed by atoms with Gasteiger partial charge in [-0.3, -0.25) is 0 Å². The lowest BCUT2D eigenvalue weighted by atomic mass is 9.91. The Hall–Kier alpha value is -0.380. The van der Waals surface area contributed by atoms with Crippen LogP contribution in [0.2, 0.25) is 0 Å². The van der Waals surface area contributed by atoms with E-state index < -0.39 is 0 Å². The van der Waals surface area contributed by atoms with Crippen molar-refractivity contribution in [1.82, 2.24) is 5.32 Å². The maximum absolute atomic E-state index is 5.66. The molecule has 0 spiro atoms. The van der Waals surface area contributed by atoms with E-state index >= 15 is 0 Å². The van der Waals surface area contributed by atoms with E-state index in [0.29, 0.717) is 6.04 Å². The van der Waals surface area contributed by atoms with Gasteiger partial charge in [-0.15, -0.1) is 11.3 Å². The SMILES string of the molecule is NCC1CC(c2cccs2)CCN1. The Kier molecular flexibility index (Phi) is 2.98. The molecule has 0 aliphatic carbocycles. The molecule has 1 aliphatic heterocycles. The van der Waals surface area contributed by atoms with Crippen LogP contribution < -0.4 is 11.1 Å². The summed E-state index contributed by atoms with van der Waals surface area (Å²) in [5.41, 5.74) is 5.66. The fraction of sp³-hybridized carbons (Fsp3) is 0.600. The van der Waals surface area contributed by atoms with E-state index in [1.807, 2.05) is 11.3 Å². The third-order valence-corrected chi connectivity index (χ3v) is 3.76. The number of hydrogen-bond acceptors (Lipinski definition) is 3. The molecule has 1 aliphatic rings. The van der Waals surface area contributed by atoms with Crippen molar-refractivity contribution in [3.8, 4) is 0 Å². The van der Waals surface area contributed by atoms with Gasteiger partial charge < -0.3 is 11.1 Å². The number of piperidine rings is 1. The predicted octanol–water partition coefficient (Wildman–Crippen LogP) is 1.54. The number of hydrogen-bond donors (Lipinski definition) is 2. The van der Waals surface area contributed by atoms with Gasteiger partial charge in [0.25, 0.3) is 0 Å². The van der Waals surface area contributed by atoms with Crippen molar-refractivity contribution in [1.29, 1.82) is 0 Å². The summed E-state index contributed by atoms with van der Waals surface area (Å²) in [5, 5.41) is 5.60. The molecule has 2 atom stereocenters. The third-order valence-electron chi connectivity index (χ3n) is 2.72. The molecule has 72 valence electrons. The standard InChI is InChI=1S/C10H16N2S/c11-7-9-6-8(3-4-12-9)10-2-1-5-13-10/h1-2,5,8-9,12H,3-4,6-7,11H2. The van der Waals surface area contributed by atoms with E-state index in [2.05, 4.69) is 22.8 Å². The van der Waals surface area contributed by atoms with Gasteiger partial charge in [0.05, 0.1) is 0 Å². The van der Waals surface area contributed by atoms with Crippen LogP contribution in [0.3, 0.4) is 0 Å². The Labute approximate surface area is 83.1 Å². The summed E-state index contributed by atoms with van der Waals surface area (Å²) in [6.45, 7) is 1.88. The van der Waals surface area contributed by atoms with Crippen molar-refractivity contribution < 1.29 is 0 Å². The first kappa shape index (κ1) is 9.19. The van der Waals surface area contributed by atoms with Crippen molar-refractivity contribution in [3.63, 3.8) is 0 Å². The van der Waals surface area contributed by atoms with Crippen molar-refractivity contribution in [3.05, 3.63) is 22.4 Å². The summed E-state index contributed by atoms with van der Waals surface area (Å²) < 4.78 is 0. The summed E-state index contributed by atoms with van der Waals surface area (Å²) in [5.74, 6) is 0.745. The van der Waals surface area contributed by atoms with Crippen molar-refractivity contribution in [2.24, 2.45) is 5.73 Å². The Morgan fingerprint density at radius 3 is 3.23 bits per heavy atom. The molecule has 2 unspecified atom stereocenters. The lowest BCUT2D eigenvalue weighted by Gasteiger charge is -2.28. The summed E-state index contributed by atoms with van der Waals surface area (Å²) in [6.07, 6.45) is 2.47. The predicted molar refractivity (Wildman–Crippen MR) is 57.1 cm³/mol. The van der Waals surface area contributed by atoms with E-state index in [1.54, 1.807) is 0 Å². The molecule has 1 aromatic heterocycles. The van der Waals surface area contributed by atoms with Gasteiger partial charge in [0.1, 0.15) is 0 Å². The van der Waals surface area contributed by atoms with Gasteiger partial charge in [0.15, 0.2) is 0 Å². The number of thiophene rings is 1. The molecule has 2 nitrogen and oxygen atoms in total. The molecular weight excluding hydrogens is 180 g/mol. The van der Waals surface area contributed by atoms with Crippen LogP contribution in [-0.4, -0.2) is 19.1 Å². The second-order valence-electron chi connectivity index (χ2n) is 3.62. The minimum atomic E-state index is 0.529. The average Bonchev–Trinajstić information content (AvgIpc) is 2.71. The molecule has 1 aromatic rings. The van der Waals surface area contributed by atoms with Crippen LogP contribution in [0.15, 0.2) is 17.5 Å². The Bertz CT molecular complexity index is 245. The van der Waals surface area contributed by atoms with E-state index in [1.165, 1.54) is 17.7 Å². The Morgan fingerprint density at radius 1 is 1.62 bits per heavy atom. The van der Waals surface area contributed by atoms with Crippen LogP contribution in [0, 0.1) is 0 Å². The number of rotatable bonds is 2. The lowest BCUT2D eigenvalue weighted by Crippen LogP contribution is -2.42. The molecular formula is C10H16N2S. The Balaban J connectivity index is 2.00. The van der Waals surface area contributed by atoms with Crippen LogP contribution in [0.25, 0.3) is 0 Å². The summed E-state index contributed by atoms with van der Waals surface area (Å²) >= 11 is 1.87. The number of nitrogens with one attached hydrogen (secondary N) is 1. The molecule has 0 bridgehead atoms. The van der Waals surface area contributed by atoms with E-state index in [4.69, 9.17) is 5.73 Å². The van der Waals surface area contributed by atoms with Crippen molar-refractivity contribution >= 4 is 11.3 Å². The largest absolute Gasteiger partial charge is 0.329 e. The fourth-order valence-corrected chi connectivity index (χ4v) is 2.85. The normalized spacial score (nSPS) is 29.0. The average molecular weight is 196 g/mol. The highest BCUT2D eigenvalue weighted by molar-refractivity contribution is 7.10. The highest BCUT2D eigenvalue weighted by atomic mass is 32.1. The second kappa shape index (κ2) is 4.22. The molecule has 2 heterocycles. The van der Waals surface area contributed by atoms with E-state index in [0.717, 1.165) is 19.0 Å². The van der Waals surface area contributed by atoms with Crippen molar-refractivity contribution in [2.45, 2.75) is 24.8 Å². The van der Waals surface area contributed by atoms with E-state index in [-0.39, 0.29) is 0 Å². The first-order valence-corrected chi connectivity index (χ1v) is 5.75. The molecule has 0 amide bonds. The highest BCUT2D eigenvalue weighted by Crippen LogP contribution is 2.30. The van der Waals surface area contributed by atoms with Gasteiger partial charge in [0, 0.05) is 17.5 Å². The van der Waals surface area contributed by atoms with Crippen LogP contribution in [-0.2, 0) is 0 Å². The van der Waals surface area contributed by atoms with Crippen molar-refractivity contribution in [2.75, 3.05) is 13.1 Å². The lowest BCUT2D eigenvalue weighted by molar-refractivity contribution is 0.370. The molecule has 0 aromatic carbocycles. The zero-order valence-corrected chi connectivity index (χ0v) is 8.52. The molecule has 2 rings (SSSR count). The zero-order valence-electron chi connectivity index (χ0n) is 7.70. The minimum Gasteiger partial charge on any atom is -0.329 e. The maximum atomic E-state index is 5.66. The van der Waals surface area contributed by atoms with E-state index in [9.17, 15) is 0 Å². The molecule has 3 N–H and O–H groups in total. The van der Waals surface area contributed by atoms with Crippen LogP contribution in [0.5, 0.6) is 0 Å². The maximum Gasteiger partial charge on any atom is 0.0196 e. The van der Waals surface area contributed by atoms with Gasteiger partial charge in [-0.1, -0.05) is 6.07 Å². The molecule has 13 heavy (non-hydrogen) atoms. The van der Waals surface area contributed by atoms with Gasteiger partial charge in [0.2, 0.25) is 0 Å². The monoisotopic (exact) mass is 196 g/mol. The van der Waals surface area contributed by atoms with Gasteiger partial charge in [-0.25, -0.2) is 0 Å². The quantitative estimate of drug-likeness (QED) is 0.753. The van der Waals surface area contributed by atoms with Crippen LogP contribution in [0.1, 0.15) is 23.6 Å². The molecule has 1 saturated heterocycles. The molecule has 3 heteroatoms. The molecule has 1 fully saturated rings. The van der Waals surface area contributed by atoms with Crippen LogP contribution in [0.4, 0.5) is 0 Å². The second-order valence-corrected chi connectivity index (χ2v) is 4.60. The smallest absolute Gasteiger partial charge is 0.0196 e. The molecule has 0 saturated carbocycles. The zero-order chi connectivity index (χ0) is 9.10. The van der Waals surface area contributed by atoms with Crippen LogP contribution >= 0.6 is 11.3 Å². The number of nitrogens with two attached hydrogens (primary N) is 1. The first-order valence-electron chi connectivity index (χ1n) is 4.87. The topological polar surface area (TPSA) is 38.0 Å². The Morgan fingerprint density at radius 2 is 2.54 bits per heavy atom. The fourth-order valence-electron chi connectivity index (χ4n) is 1.97. The highest BCUT2D eigenvalue weighted by Gasteiger charge is 2.21. The molecule has 0 radical (unpaired) electrons. The summed E-state index contributed by atoms with van der Waals surface area (Å²) in [7, 11) is 0. The first-order chi connectivity index (χ1) is 6.40. The van der Waals surface area contributed by atoms with Gasteiger partial charge >= 0.3 is 0 Å². The minimum absolute atomic E-state index is 0.529. The summed E-state index contributed by atoms with van der Waals surface area (Å²) in [6, 6.07) is 4.91.